The number of ether oxygens (including phenoxy) is 2. The third kappa shape index (κ3) is 8.71. The Labute approximate surface area is 337 Å². The molecule has 0 radical (unpaired) electrons. The number of rotatable bonds is 6. The van der Waals surface area contributed by atoms with Crippen molar-refractivity contribution in [3.63, 3.8) is 0 Å². The molecule has 5 rings (SSSR count). The number of hydrogen-bond donors (Lipinski definition) is 0. The second-order valence-electron chi connectivity index (χ2n) is 19.5. The second-order valence-corrected chi connectivity index (χ2v) is 20.5. The molecular weight excluding hydrogens is 716 g/mol. The lowest BCUT2D eigenvalue weighted by Crippen LogP contribution is -2.27. The average Bonchev–Trinajstić information content (AvgIpc) is 3.21. The van der Waals surface area contributed by atoms with Crippen LogP contribution in [0.25, 0.3) is 33.1 Å². The maximum Gasteiger partial charge on any atom is 0.514 e. The molecule has 5 aromatic rings. The summed E-state index contributed by atoms with van der Waals surface area (Å²) >= 11 is 0. The molecule has 0 aliphatic carbocycles. The van der Waals surface area contributed by atoms with Gasteiger partial charge >= 0.3 is 14.4 Å². The minimum atomic E-state index is -2.07. The number of benzene rings is 4. The van der Waals surface area contributed by atoms with Gasteiger partial charge < -0.3 is 22.4 Å². The fraction of sp³-hybridized carbons (Fsp3) is 0.490. The van der Waals surface area contributed by atoms with E-state index < -0.39 is 20.0 Å². The molecule has 0 spiro atoms. The minimum absolute atomic E-state index is 0.187. The van der Waals surface area contributed by atoms with Crippen LogP contribution in [0.1, 0.15) is 157 Å². The molecule has 0 aliphatic rings. The van der Waals surface area contributed by atoms with Crippen LogP contribution in [0.15, 0.2) is 44.8 Å². The third-order valence-electron chi connectivity index (χ3n) is 10.6. The van der Waals surface area contributed by atoms with Gasteiger partial charge in [-0.2, -0.15) is 0 Å². The van der Waals surface area contributed by atoms with E-state index in [1.807, 2.05) is 20.8 Å². The molecule has 0 bridgehead atoms. The first-order chi connectivity index (χ1) is 25.7. The highest BCUT2D eigenvalue weighted by Gasteiger charge is 2.32. The fourth-order valence-electron chi connectivity index (χ4n) is 7.40. The summed E-state index contributed by atoms with van der Waals surface area (Å²) in [6, 6.07) is 13.0. The number of hydrogen-bond acceptors (Lipinski definition) is 6. The Morgan fingerprint density at radius 3 is 1.36 bits per heavy atom. The van der Waals surface area contributed by atoms with E-state index in [1.165, 1.54) is 22.3 Å². The average molecular weight is 781 g/mol. The first kappa shape index (κ1) is 43.0. The van der Waals surface area contributed by atoms with Crippen molar-refractivity contribution in [2.24, 2.45) is 0 Å². The van der Waals surface area contributed by atoms with Gasteiger partial charge in [0, 0.05) is 33.0 Å². The molecule has 0 unspecified atom stereocenters. The molecule has 302 valence electrons. The van der Waals surface area contributed by atoms with Crippen molar-refractivity contribution in [2.45, 2.75) is 160 Å². The summed E-state index contributed by atoms with van der Waals surface area (Å²) in [7, 11) is -2.07. The molecule has 1 aromatic heterocycles. The van der Waals surface area contributed by atoms with E-state index >= 15 is 0 Å². The van der Waals surface area contributed by atoms with E-state index in [1.54, 1.807) is 0 Å². The maximum absolute atomic E-state index is 13.5. The molecule has 56 heavy (non-hydrogen) atoms. The van der Waals surface area contributed by atoms with Crippen LogP contribution in [0.3, 0.4) is 0 Å². The first-order valence-electron chi connectivity index (χ1n) is 20.0. The van der Waals surface area contributed by atoms with Crippen LogP contribution in [0, 0.1) is 41.5 Å². The highest BCUT2D eigenvalue weighted by atomic mass is 31.1. The van der Waals surface area contributed by atoms with E-state index in [-0.39, 0.29) is 22.7 Å². The zero-order valence-corrected chi connectivity index (χ0v) is 38.4. The van der Waals surface area contributed by atoms with Crippen molar-refractivity contribution >= 4 is 36.3 Å². The quantitative estimate of drug-likeness (QED) is 0.126. The first-order valence-corrected chi connectivity index (χ1v) is 21.1. The van der Waals surface area contributed by atoms with E-state index in [0.717, 1.165) is 66.4 Å². The van der Waals surface area contributed by atoms with Crippen molar-refractivity contribution in [3.8, 4) is 22.6 Å². The summed E-state index contributed by atoms with van der Waals surface area (Å²) in [5.74, 6) is 1.45. The standard InChI is InChI=1S/C49H65O6P/c1-26(2)34-24-30(7)32(9)40-41-33(10)31(8)25-35(27(3)4)45(41)55-56(54-44(34)40)53-43-37(21-29(6)23-39(43)48(14,15)16)36-20-28(5)22-38(47(11,12)13)42(36)51-46(50)52-49(17,18)19/h20-27H,1-19H3. The Kier molecular flexibility index (Phi) is 11.8. The molecule has 4 aromatic carbocycles. The minimum Gasteiger partial charge on any atom is -0.428 e. The number of fused-ring (bicyclic) bond motifs is 3. The van der Waals surface area contributed by atoms with Crippen LogP contribution in [-0.2, 0) is 15.6 Å². The Hall–Kier alpha value is -4.15. The van der Waals surface area contributed by atoms with Crippen molar-refractivity contribution < 1.29 is 27.2 Å². The van der Waals surface area contributed by atoms with Crippen LogP contribution in [0.5, 0.6) is 11.5 Å². The van der Waals surface area contributed by atoms with Crippen LogP contribution in [0.4, 0.5) is 4.79 Å². The Bertz CT molecular complexity index is 2290. The predicted molar refractivity (Wildman–Crippen MR) is 235 cm³/mol. The Morgan fingerprint density at radius 2 is 0.982 bits per heavy atom. The summed E-state index contributed by atoms with van der Waals surface area (Å²) in [4.78, 5) is 13.5. The number of carbonyl (C=O) groups excluding carboxylic acids is 1. The van der Waals surface area contributed by atoms with Gasteiger partial charge in [0.05, 0.1) is 0 Å². The summed E-state index contributed by atoms with van der Waals surface area (Å²) in [5.41, 5.74) is 12.6. The van der Waals surface area contributed by atoms with Crippen LogP contribution >= 0.6 is 8.24 Å². The molecule has 7 heteroatoms. The normalized spacial score (nSPS) is 12.6. The SMILES string of the molecule is Cc1cc(-c2cc(C)cc(C(C)(C)C)c2Op2oc3c(C(C)C)cc(C)c(C)c3c3c(C)c(C)cc(C(C)C)c3o2)c(OC(=O)OC(C)(C)C)c(C(C)(C)C)c1. The third-order valence-corrected chi connectivity index (χ3v) is 11.6. The van der Waals surface area contributed by atoms with Gasteiger partial charge in [-0.05, 0) is 142 Å². The van der Waals surface area contributed by atoms with Crippen molar-refractivity contribution in [1.82, 2.24) is 0 Å². The zero-order chi connectivity index (χ0) is 42.0. The predicted octanol–water partition coefficient (Wildman–Crippen LogP) is 15.8. The van der Waals surface area contributed by atoms with Crippen LogP contribution in [-0.4, -0.2) is 11.8 Å². The lowest BCUT2D eigenvalue weighted by atomic mass is 9.80. The topological polar surface area (TPSA) is 71.0 Å². The van der Waals surface area contributed by atoms with Crippen LogP contribution in [0.2, 0.25) is 0 Å². The molecule has 0 N–H and O–H groups in total. The maximum atomic E-state index is 13.5. The molecule has 0 amide bonds. The summed E-state index contributed by atoms with van der Waals surface area (Å²) < 4.78 is 33.6. The van der Waals surface area contributed by atoms with Gasteiger partial charge in [0.25, 0.3) is 0 Å². The van der Waals surface area contributed by atoms with Gasteiger partial charge in [-0.15, -0.1) is 0 Å². The van der Waals surface area contributed by atoms with Gasteiger partial charge in [0.1, 0.15) is 28.3 Å². The van der Waals surface area contributed by atoms with E-state index in [9.17, 15) is 4.79 Å². The summed E-state index contributed by atoms with van der Waals surface area (Å²) in [5, 5.41) is 2.14. The molecule has 1 heterocycles. The number of aryl methyl sites for hydroxylation is 6. The molecular formula is C49H65O6P. The van der Waals surface area contributed by atoms with Gasteiger partial charge in [-0.1, -0.05) is 93.5 Å². The monoisotopic (exact) mass is 780 g/mol. The highest BCUT2D eigenvalue weighted by molar-refractivity contribution is 7.32. The number of carbonyl (C=O) groups is 1. The summed E-state index contributed by atoms with van der Waals surface area (Å²) in [6.07, 6.45) is -0.758. The Balaban J connectivity index is 1.98. The molecule has 0 atom stereocenters. The molecule has 6 nitrogen and oxygen atoms in total. The van der Waals surface area contributed by atoms with Gasteiger partial charge in [0.2, 0.25) is 0 Å². The largest absolute Gasteiger partial charge is 0.514 e. The lowest BCUT2D eigenvalue weighted by Gasteiger charge is -2.28. The van der Waals surface area contributed by atoms with E-state index in [4.69, 9.17) is 22.4 Å². The molecule has 0 saturated heterocycles. The van der Waals surface area contributed by atoms with E-state index in [2.05, 4.69) is 147 Å². The van der Waals surface area contributed by atoms with Crippen molar-refractivity contribution in [1.29, 1.82) is 0 Å². The zero-order valence-electron chi connectivity index (χ0n) is 37.5. The fourth-order valence-corrected chi connectivity index (χ4v) is 8.55. The molecule has 0 fully saturated rings. The smallest absolute Gasteiger partial charge is 0.428 e. The molecule has 0 saturated carbocycles. The van der Waals surface area contributed by atoms with Gasteiger partial charge in [-0.3, -0.25) is 0 Å². The second kappa shape index (κ2) is 15.3. The van der Waals surface area contributed by atoms with E-state index in [0.29, 0.717) is 11.5 Å². The highest BCUT2D eigenvalue weighted by Crippen LogP contribution is 2.51. The van der Waals surface area contributed by atoms with Gasteiger partial charge in [-0.25, -0.2) is 4.79 Å². The summed E-state index contributed by atoms with van der Waals surface area (Å²) in [6.45, 7) is 40.2. The van der Waals surface area contributed by atoms with Gasteiger partial charge in [0.15, 0.2) is 0 Å². The Morgan fingerprint density at radius 1 is 0.589 bits per heavy atom. The van der Waals surface area contributed by atoms with Crippen molar-refractivity contribution in [3.05, 3.63) is 92.0 Å². The van der Waals surface area contributed by atoms with Crippen molar-refractivity contribution in [2.75, 3.05) is 0 Å². The molecule has 0 aliphatic heterocycles. The van der Waals surface area contributed by atoms with Crippen LogP contribution < -0.4 is 9.26 Å². The lowest BCUT2D eigenvalue weighted by molar-refractivity contribution is 0.0204.